The van der Waals surface area contributed by atoms with E-state index >= 15 is 0 Å². The van der Waals surface area contributed by atoms with Crippen LogP contribution in [0.1, 0.15) is 19.3 Å². The van der Waals surface area contributed by atoms with Crippen LogP contribution in [-0.4, -0.2) is 70.9 Å². The van der Waals surface area contributed by atoms with E-state index in [-0.39, 0.29) is 11.8 Å². The van der Waals surface area contributed by atoms with E-state index in [1.165, 1.54) is 11.2 Å². The number of anilines is 2. The lowest BCUT2D eigenvalue weighted by atomic mass is 9.96. The maximum Gasteiger partial charge on any atom is 0.261 e. The van der Waals surface area contributed by atoms with Crippen molar-refractivity contribution in [3.63, 3.8) is 0 Å². The Kier molecular flexibility index (Phi) is 8.86. The van der Waals surface area contributed by atoms with Crippen LogP contribution in [0.15, 0.2) is 57.2 Å². The van der Waals surface area contributed by atoms with Gasteiger partial charge in [-0.25, -0.2) is 8.42 Å². The highest BCUT2D eigenvalue weighted by atomic mass is 32.2. The summed E-state index contributed by atoms with van der Waals surface area (Å²) in [5.41, 5.74) is 7.51. The molecule has 35 heavy (non-hydrogen) atoms. The number of hydrogen-bond donors (Lipinski definition) is 2. The van der Waals surface area contributed by atoms with Gasteiger partial charge in [-0.3, -0.25) is 9.35 Å². The number of hydrogen-bond acceptors (Lipinski definition) is 8. The van der Waals surface area contributed by atoms with Gasteiger partial charge in [-0.15, -0.1) is 0 Å². The van der Waals surface area contributed by atoms with Gasteiger partial charge in [0.15, 0.2) is 9.84 Å². The first-order valence-electron chi connectivity index (χ1n) is 11.2. The van der Waals surface area contributed by atoms with Crippen molar-refractivity contribution in [1.29, 1.82) is 0 Å². The van der Waals surface area contributed by atoms with Crippen molar-refractivity contribution < 1.29 is 26.2 Å². The molecule has 2 heterocycles. The van der Waals surface area contributed by atoms with E-state index in [0.717, 1.165) is 61.7 Å². The second kappa shape index (κ2) is 11.3. The maximum absolute atomic E-state index is 12.1. The van der Waals surface area contributed by atoms with E-state index in [1.807, 2.05) is 18.2 Å². The van der Waals surface area contributed by atoms with Gasteiger partial charge in [0.25, 0.3) is 10.1 Å². The Balaban J connectivity index is 0.000000623. The summed E-state index contributed by atoms with van der Waals surface area (Å²) in [5.74, 6) is -0.177. The predicted molar refractivity (Wildman–Crippen MR) is 138 cm³/mol. The van der Waals surface area contributed by atoms with Gasteiger partial charge < -0.3 is 15.5 Å². The van der Waals surface area contributed by atoms with Gasteiger partial charge in [-0.2, -0.15) is 8.42 Å². The molecular weight excluding hydrogens is 510 g/mol. The second-order valence-corrected chi connectivity index (χ2v) is 13.3. The number of nitrogens with two attached hydrogens (primary N) is 1. The predicted octanol–water partition coefficient (Wildman–Crippen LogP) is 2.78. The van der Waals surface area contributed by atoms with E-state index in [2.05, 4.69) is 21.9 Å². The first-order valence-corrected chi connectivity index (χ1v) is 15.7. The molecule has 0 radical (unpaired) electrons. The summed E-state index contributed by atoms with van der Waals surface area (Å²) in [6.45, 7) is 3.54. The number of likely N-dealkylation sites (tertiary alicyclic amines) is 1. The Morgan fingerprint density at radius 3 is 2.20 bits per heavy atom. The fourth-order valence-corrected chi connectivity index (χ4v) is 5.89. The quantitative estimate of drug-likeness (QED) is 0.529. The summed E-state index contributed by atoms with van der Waals surface area (Å²) in [7, 11) is -6.94. The zero-order valence-electron chi connectivity index (χ0n) is 19.8. The molecule has 9 nitrogen and oxygen atoms in total. The molecule has 0 aromatic heterocycles. The van der Waals surface area contributed by atoms with Crippen LogP contribution >= 0.6 is 11.8 Å². The molecule has 1 amide bonds. The highest BCUT2D eigenvalue weighted by Gasteiger charge is 2.26. The minimum Gasteiger partial charge on any atom is -0.369 e. The maximum atomic E-state index is 12.1. The molecule has 0 unspecified atom stereocenters. The van der Waals surface area contributed by atoms with Crippen LogP contribution in [-0.2, 0) is 24.7 Å². The number of amides is 1. The number of carbonyl (C=O) groups excluding carboxylic acids is 1. The van der Waals surface area contributed by atoms with Crippen molar-refractivity contribution in [3.8, 4) is 0 Å². The molecule has 1 saturated heterocycles. The summed E-state index contributed by atoms with van der Waals surface area (Å²) in [4.78, 5) is 18.6. The largest absolute Gasteiger partial charge is 0.369 e. The van der Waals surface area contributed by atoms with Crippen molar-refractivity contribution >= 4 is 49.0 Å². The standard InChI is InChI=1S/C22H27N3O3S2.CH4O3S/c1-30(27,28)17-7-8-21-19(15-17)25(18-5-2-3-6-20(18)29-21)12-4-11-24-13-9-16(10-14-24)22(23)26;1-5(2,3)4/h2-3,5-8,15-16H,4,9-14H2,1H3,(H2,23,26);1H3,(H,2,3,4). The molecule has 4 rings (SSSR count). The third kappa shape index (κ3) is 7.94. The number of rotatable bonds is 6. The molecule has 3 N–H and O–H groups in total. The summed E-state index contributed by atoms with van der Waals surface area (Å²) in [6, 6.07) is 13.6. The van der Waals surface area contributed by atoms with Crippen LogP contribution in [0.5, 0.6) is 0 Å². The molecule has 2 aliphatic heterocycles. The Morgan fingerprint density at radius 2 is 1.60 bits per heavy atom. The third-order valence-electron chi connectivity index (χ3n) is 5.87. The normalized spacial score (nSPS) is 16.6. The van der Waals surface area contributed by atoms with E-state index in [1.54, 1.807) is 23.9 Å². The summed E-state index contributed by atoms with van der Waals surface area (Å²) < 4.78 is 50.1. The van der Waals surface area contributed by atoms with Crippen LogP contribution in [0.25, 0.3) is 0 Å². The van der Waals surface area contributed by atoms with E-state index < -0.39 is 20.0 Å². The number of sulfone groups is 1. The van der Waals surface area contributed by atoms with Gasteiger partial charge in [-0.1, -0.05) is 23.9 Å². The van der Waals surface area contributed by atoms with Gasteiger partial charge in [0.05, 0.1) is 22.5 Å². The van der Waals surface area contributed by atoms with Crippen LogP contribution in [0.3, 0.4) is 0 Å². The topological polar surface area (TPSA) is 138 Å². The van der Waals surface area contributed by atoms with Gasteiger partial charge >= 0.3 is 0 Å². The van der Waals surface area contributed by atoms with E-state index in [9.17, 15) is 21.6 Å². The highest BCUT2D eigenvalue weighted by Crippen LogP contribution is 2.48. The Labute approximate surface area is 211 Å². The molecule has 0 aliphatic carbocycles. The molecule has 2 aliphatic rings. The Bertz CT molecular complexity index is 1270. The molecule has 0 atom stereocenters. The van der Waals surface area contributed by atoms with E-state index in [4.69, 9.17) is 10.3 Å². The van der Waals surface area contributed by atoms with Crippen molar-refractivity contribution in [2.24, 2.45) is 11.7 Å². The molecule has 0 saturated carbocycles. The SMILES string of the molecule is CS(=O)(=O)O.CS(=O)(=O)c1ccc2c(c1)N(CCCN1CCC(C(N)=O)CC1)c1ccccc1S2. The lowest BCUT2D eigenvalue weighted by molar-refractivity contribution is -0.123. The summed E-state index contributed by atoms with van der Waals surface area (Å²) >= 11 is 1.68. The number of fused-ring (bicyclic) bond motifs is 2. The van der Waals surface area contributed by atoms with Crippen molar-refractivity contribution in [1.82, 2.24) is 4.90 Å². The third-order valence-corrected chi connectivity index (χ3v) is 8.11. The average molecular weight is 542 g/mol. The molecule has 12 heteroatoms. The van der Waals surface area contributed by atoms with Gasteiger partial charge in [0.2, 0.25) is 5.91 Å². The lowest BCUT2D eigenvalue weighted by Crippen LogP contribution is -2.39. The Morgan fingerprint density at radius 1 is 1.00 bits per heavy atom. The molecule has 192 valence electrons. The average Bonchev–Trinajstić information content (AvgIpc) is 2.77. The van der Waals surface area contributed by atoms with Gasteiger partial charge in [0, 0.05) is 28.5 Å². The fourth-order valence-electron chi connectivity index (χ4n) is 4.17. The van der Waals surface area contributed by atoms with Gasteiger partial charge in [-0.05, 0) is 69.2 Å². The van der Waals surface area contributed by atoms with Gasteiger partial charge in [0.1, 0.15) is 0 Å². The number of benzene rings is 2. The zero-order chi connectivity index (χ0) is 25.8. The van der Waals surface area contributed by atoms with Crippen LogP contribution in [0, 0.1) is 5.92 Å². The zero-order valence-corrected chi connectivity index (χ0v) is 22.2. The first kappa shape index (κ1) is 27.5. The lowest BCUT2D eigenvalue weighted by Gasteiger charge is -2.35. The fraction of sp³-hybridized carbons (Fsp3) is 0.435. The van der Waals surface area contributed by atoms with Crippen molar-refractivity contribution in [2.75, 3.05) is 43.6 Å². The molecule has 0 spiro atoms. The smallest absolute Gasteiger partial charge is 0.261 e. The molecule has 2 aromatic carbocycles. The van der Waals surface area contributed by atoms with Crippen LogP contribution < -0.4 is 10.6 Å². The first-order chi connectivity index (χ1) is 16.3. The molecular formula is C23H31N3O6S3. The summed E-state index contributed by atoms with van der Waals surface area (Å²) in [6.07, 6.45) is 4.58. The number of para-hydroxylation sites is 1. The molecule has 2 aromatic rings. The number of nitrogens with zero attached hydrogens (tertiary/aromatic N) is 2. The van der Waals surface area contributed by atoms with Crippen LogP contribution in [0.4, 0.5) is 11.4 Å². The number of carbonyl (C=O) groups is 1. The summed E-state index contributed by atoms with van der Waals surface area (Å²) in [5, 5.41) is 0. The number of piperidine rings is 1. The minimum absolute atomic E-state index is 0.00790. The Hall–Kier alpha value is -2.12. The van der Waals surface area contributed by atoms with E-state index in [0.29, 0.717) is 11.2 Å². The molecule has 0 bridgehead atoms. The number of primary amides is 1. The van der Waals surface area contributed by atoms with Crippen molar-refractivity contribution in [2.45, 2.75) is 33.9 Å². The highest BCUT2D eigenvalue weighted by molar-refractivity contribution is 7.99. The monoisotopic (exact) mass is 541 g/mol. The van der Waals surface area contributed by atoms with Crippen LogP contribution in [0.2, 0.25) is 0 Å². The second-order valence-electron chi connectivity index (χ2n) is 8.73. The molecule has 1 fully saturated rings. The van der Waals surface area contributed by atoms with Crippen molar-refractivity contribution in [3.05, 3.63) is 42.5 Å². The minimum atomic E-state index is -3.67.